The van der Waals surface area contributed by atoms with Crippen molar-refractivity contribution in [1.82, 2.24) is 19.6 Å². The summed E-state index contributed by atoms with van der Waals surface area (Å²) < 4.78 is 9.38. The van der Waals surface area contributed by atoms with Crippen LogP contribution in [0.5, 0.6) is 0 Å². The van der Waals surface area contributed by atoms with E-state index in [-0.39, 0.29) is 23.5 Å². The van der Waals surface area contributed by atoms with E-state index < -0.39 is 0 Å². The molecule has 3 rings (SSSR count). The molecule has 2 aromatic heterocycles. The molecule has 1 saturated heterocycles. The van der Waals surface area contributed by atoms with Crippen LogP contribution >= 0.6 is 0 Å². The predicted molar refractivity (Wildman–Crippen MR) is 100 cm³/mol. The van der Waals surface area contributed by atoms with Crippen LogP contribution in [0.2, 0.25) is 0 Å². The second-order valence-electron chi connectivity index (χ2n) is 8.23. The first-order valence-corrected chi connectivity index (χ1v) is 9.30. The summed E-state index contributed by atoms with van der Waals surface area (Å²) in [6.07, 6.45) is 5.88. The molecule has 0 saturated carbocycles. The van der Waals surface area contributed by atoms with Crippen LogP contribution in [0, 0.1) is 0 Å². The summed E-state index contributed by atoms with van der Waals surface area (Å²) in [6.45, 7) is 12.0. The normalized spacial score (nSPS) is 17.8. The van der Waals surface area contributed by atoms with Crippen molar-refractivity contribution in [3.05, 3.63) is 29.8 Å². The Bertz CT molecular complexity index is 763. The van der Waals surface area contributed by atoms with Gasteiger partial charge in [-0.1, -0.05) is 13.8 Å². The third-order valence-electron chi connectivity index (χ3n) is 4.50. The van der Waals surface area contributed by atoms with E-state index in [1.165, 1.54) is 0 Å². The maximum absolute atomic E-state index is 12.6. The number of carbonyl (C=O) groups is 1. The lowest BCUT2D eigenvalue weighted by Crippen LogP contribution is -2.26. The van der Waals surface area contributed by atoms with E-state index in [0.717, 1.165) is 25.1 Å². The molecule has 1 amide bonds. The van der Waals surface area contributed by atoms with Gasteiger partial charge in [0.15, 0.2) is 5.69 Å². The van der Waals surface area contributed by atoms with Gasteiger partial charge in [-0.3, -0.25) is 14.2 Å². The van der Waals surface area contributed by atoms with E-state index >= 15 is 0 Å². The number of hydrogen-bond donors (Lipinski definition) is 1. The van der Waals surface area contributed by atoms with Crippen LogP contribution in [0.4, 0.5) is 5.69 Å². The number of nitrogens with one attached hydrogen (secondary N) is 1. The molecule has 7 heteroatoms. The molecule has 0 bridgehead atoms. The van der Waals surface area contributed by atoms with Crippen LogP contribution in [-0.2, 0) is 16.8 Å². The smallest absolute Gasteiger partial charge is 0.276 e. The minimum atomic E-state index is -0.216. The Morgan fingerprint density at radius 2 is 2.19 bits per heavy atom. The van der Waals surface area contributed by atoms with Crippen molar-refractivity contribution >= 4 is 11.6 Å². The van der Waals surface area contributed by atoms with Gasteiger partial charge in [-0.2, -0.15) is 10.2 Å². The second kappa shape index (κ2) is 7.23. The van der Waals surface area contributed by atoms with Crippen LogP contribution in [0.25, 0.3) is 0 Å². The fourth-order valence-electron chi connectivity index (χ4n) is 3.18. The topological polar surface area (TPSA) is 74.0 Å². The predicted octanol–water partition coefficient (Wildman–Crippen LogP) is 3.39. The number of ether oxygens (including phenoxy) is 1. The van der Waals surface area contributed by atoms with Crippen molar-refractivity contribution < 1.29 is 9.53 Å². The van der Waals surface area contributed by atoms with Gasteiger partial charge in [0.1, 0.15) is 0 Å². The lowest BCUT2D eigenvalue weighted by molar-refractivity contribution is 0.0940. The van der Waals surface area contributed by atoms with Crippen molar-refractivity contribution in [3.8, 4) is 0 Å². The van der Waals surface area contributed by atoms with E-state index in [1.807, 2.05) is 21.6 Å². The summed E-state index contributed by atoms with van der Waals surface area (Å²) in [5.74, 6) is 0.0732. The molecule has 2 aromatic rings. The van der Waals surface area contributed by atoms with Crippen LogP contribution in [0.1, 0.15) is 69.6 Å². The van der Waals surface area contributed by atoms with Crippen LogP contribution in [-0.4, -0.2) is 38.2 Å². The molecule has 7 nitrogen and oxygen atoms in total. The Balaban J connectivity index is 1.71. The molecule has 26 heavy (non-hydrogen) atoms. The first kappa shape index (κ1) is 18.6. The largest absolute Gasteiger partial charge is 0.376 e. The highest BCUT2D eigenvalue weighted by Crippen LogP contribution is 2.24. The summed E-state index contributed by atoms with van der Waals surface area (Å²) in [6, 6.07) is 1.88. The molecule has 0 aliphatic carbocycles. The van der Waals surface area contributed by atoms with Gasteiger partial charge >= 0.3 is 0 Å². The molecule has 0 spiro atoms. The van der Waals surface area contributed by atoms with Gasteiger partial charge in [0, 0.05) is 18.5 Å². The van der Waals surface area contributed by atoms with E-state index in [4.69, 9.17) is 4.74 Å². The number of hydrogen-bond acceptors (Lipinski definition) is 4. The second-order valence-corrected chi connectivity index (χ2v) is 8.23. The Morgan fingerprint density at radius 3 is 2.77 bits per heavy atom. The number of carbonyl (C=O) groups excluding carboxylic acids is 1. The Labute approximate surface area is 154 Å². The highest BCUT2D eigenvalue weighted by atomic mass is 16.5. The molecule has 3 heterocycles. The first-order valence-electron chi connectivity index (χ1n) is 9.30. The van der Waals surface area contributed by atoms with Gasteiger partial charge < -0.3 is 10.1 Å². The fourth-order valence-corrected chi connectivity index (χ4v) is 3.18. The molecule has 1 N–H and O–H groups in total. The summed E-state index contributed by atoms with van der Waals surface area (Å²) in [7, 11) is 0. The molecule has 1 fully saturated rings. The monoisotopic (exact) mass is 359 g/mol. The zero-order chi connectivity index (χ0) is 18.9. The number of nitrogens with zero attached hydrogens (tertiary/aromatic N) is 4. The van der Waals surface area contributed by atoms with Crippen molar-refractivity contribution in [3.63, 3.8) is 0 Å². The number of amides is 1. The highest BCUT2D eigenvalue weighted by Gasteiger charge is 2.24. The van der Waals surface area contributed by atoms with Gasteiger partial charge in [-0.25, -0.2) is 0 Å². The SMILES string of the molecule is CC(C)c1cc(C(=O)Nc2cnn(C[C@H]3CCCO3)c2)nn1C(C)(C)C. The summed E-state index contributed by atoms with van der Waals surface area (Å²) in [5, 5.41) is 11.8. The molecular weight excluding hydrogens is 330 g/mol. The average Bonchev–Trinajstić information content (AvgIpc) is 3.26. The maximum Gasteiger partial charge on any atom is 0.276 e. The third-order valence-corrected chi connectivity index (χ3v) is 4.50. The number of rotatable bonds is 5. The fraction of sp³-hybridized carbons (Fsp3) is 0.632. The molecule has 1 aliphatic heterocycles. The highest BCUT2D eigenvalue weighted by molar-refractivity contribution is 6.02. The number of aromatic nitrogens is 4. The van der Waals surface area contributed by atoms with Crippen molar-refractivity contribution in [1.29, 1.82) is 0 Å². The lowest BCUT2D eigenvalue weighted by atomic mass is 10.1. The van der Waals surface area contributed by atoms with E-state index in [0.29, 0.717) is 17.9 Å². The molecule has 0 unspecified atom stereocenters. The Kier molecular flexibility index (Phi) is 5.18. The average molecular weight is 359 g/mol. The van der Waals surface area contributed by atoms with Crippen LogP contribution in [0.15, 0.2) is 18.5 Å². The molecular formula is C19H29N5O2. The van der Waals surface area contributed by atoms with Gasteiger partial charge in [0.2, 0.25) is 0 Å². The molecule has 1 atom stereocenters. The van der Waals surface area contributed by atoms with E-state index in [2.05, 4.69) is 50.1 Å². The van der Waals surface area contributed by atoms with Crippen LogP contribution < -0.4 is 5.32 Å². The quantitative estimate of drug-likeness (QED) is 0.888. The summed E-state index contributed by atoms with van der Waals surface area (Å²) in [4.78, 5) is 12.6. The molecule has 142 valence electrons. The van der Waals surface area contributed by atoms with Crippen molar-refractivity contribution in [2.45, 2.75) is 71.6 Å². The van der Waals surface area contributed by atoms with Gasteiger partial charge in [-0.15, -0.1) is 0 Å². The zero-order valence-electron chi connectivity index (χ0n) is 16.3. The van der Waals surface area contributed by atoms with E-state index in [9.17, 15) is 4.79 Å². The summed E-state index contributed by atoms with van der Waals surface area (Å²) >= 11 is 0. The minimum Gasteiger partial charge on any atom is -0.376 e. The molecule has 0 radical (unpaired) electrons. The molecule has 1 aliphatic rings. The Morgan fingerprint density at radius 1 is 1.42 bits per heavy atom. The minimum absolute atomic E-state index is 0.176. The standard InChI is InChI=1S/C19H29N5O2/c1-13(2)17-9-16(22-24(17)19(3,4)5)18(25)21-14-10-20-23(11-14)12-15-7-6-8-26-15/h9-11,13,15H,6-8,12H2,1-5H3,(H,21,25)/t15-/m1/s1. The maximum atomic E-state index is 12.6. The van der Waals surface area contributed by atoms with Crippen molar-refractivity contribution in [2.24, 2.45) is 0 Å². The zero-order valence-corrected chi connectivity index (χ0v) is 16.3. The van der Waals surface area contributed by atoms with Gasteiger partial charge in [0.05, 0.1) is 30.1 Å². The van der Waals surface area contributed by atoms with Crippen molar-refractivity contribution in [2.75, 3.05) is 11.9 Å². The van der Waals surface area contributed by atoms with Gasteiger partial charge in [0.25, 0.3) is 5.91 Å². The first-order chi connectivity index (χ1) is 12.2. The molecule has 0 aromatic carbocycles. The lowest BCUT2D eigenvalue weighted by Gasteiger charge is -2.23. The number of anilines is 1. The van der Waals surface area contributed by atoms with E-state index in [1.54, 1.807) is 6.20 Å². The van der Waals surface area contributed by atoms with Crippen LogP contribution in [0.3, 0.4) is 0 Å². The third kappa shape index (κ3) is 4.15. The van der Waals surface area contributed by atoms with Gasteiger partial charge in [-0.05, 0) is 45.6 Å². The Hall–Kier alpha value is -2.15. The summed E-state index contributed by atoms with van der Waals surface area (Å²) in [5.41, 5.74) is 1.97.